The smallest absolute Gasteiger partial charge is 0.256 e. The lowest BCUT2D eigenvalue weighted by atomic mass is 10.1. The van der Waals surface area contributed by atoms with Crippen LogP contribution in [0.1, 0.15) is 27.7 Å². The van der Waals surface area contributed by atoms with Gasteiger partial charge in [0.15, 0.2) is 0 Å². The number of nitrogens with zero attached hydrogens (tertiary/aromatic N) is 1. The molecule has 1 rings (SSSR count). The Bertz CT molecular complexity index is 307. The molecule has 1 aliphatic rings. The summed E-state index contributed by atoms with van der Waals surface area (Å²) >= 11 is 0. The van der Waals surface area contributed by atoms with E-state index in [2.05, 4.69) is 0 Å². The molecular weight excluding hydrogens is 192 g/mol. The second-order valence-corrected chi connectivity index (χ2v) is 4.38. The lowest BCUT2D eigenvalue weighted by Crippen LogP contribution is -2.44. The Kier molecular flexibility index (Phi) is 3.29. The van der Waals surface area contributed by atoms with Gasteiger partial charge in [-0.25, -0.2) is 0 Å². The van der Waals surface area contributed by atoms with Crippen LogP contribution in [0.15, 0.2) is 11.1 Å². The molecule has 0 fully saturated rings. The highest BCUT2D eigenvalue weighted by molar-refractivity contribution is 6.18. The third-order valence-electron chi connectivity index (χ3n) is 2.94. The number of amides is 2. The summed E-state index contributed by atoms with van der Waals surface area (Å²) in [5, 5.41) is 0. The molecular formula is C11H18N2O2. The average Bonchev–Trinajstić information content (AvgIpc) is 2.35. The summed E-state index contributed by atoms with van der Waals surface area (Å²) in [5.74, 6) is -0.144. The van der Waals surface area contributed by atoms with Crippen molar-refractivity contribution in [1.82, 2.24) is 4.90 Å². The van der Waals surface area contributed by atoms with Gasteiger partial charge in [0.1, 0.15) is 0 Å². The lowest BCUT2D eigenvalue weighted by Gasteiger charge is -2.22. The molecule has 2 N–H and O–H groups in total. The summed E-state index contributed by atoms with van der Waals surface area (Å²) in [7, 11) is 0. The largest absolute Gasteiger partial charge is 0.326 e. The fourth-order valence-electron chi connectivity index (χ4n) is 1.41. The number of hydrogen-bond acceptors (Lipinski definition) is 3. The lowest BCUT2D eigenvalue weighted by molar-refractivity contribution is -0.138. The van der Waals surface area contributed by atoms with Gasteiger partial charge in [-0.15, -0.1) is 0 Å². The van der Waals surface area contributed by atoms with Gasteiger partial charge in [0.25, 0.3) is 11.8 Å². The molecule has 0 saturated heterocycles. The average molecular weight is 210 g/mol. The first-order valence-corrected chi connectivity index (χ1v) is 5.15. The van der Waals surface area contributed by atoms with Gasteiger partial charge in [0.05, 0.1) is 0 Å². The van der Waals surface area contributed by atoms with Crippen LogP contribution in [0, 0.1) is 5.92 Å². The zero-order valence-corrected chi connectivity index (χ0v) is 9.70. The number of hydrogen-bond donors (Lipinski definition) is 1. The SMILES string of the molecule is CC1=C(C)C(=O)N(CC(N)C(C)C)C1=O. The molecule has 4 nitrogen and oxygen atoms in total. The molecule has 15 heavy (non-hydrogen) atoms. The van der Waals surface area contributed by atoms with Gasteiger partial charge in [0.2, 0.25) is 0 Å². The molecule has 0 saturated carbocycles. The number of carbonyl (C=O) groups is 2. The molecule has 1 atom stereocenters. The Morgan fingerprint density at radius 1 is 1.13 bits per heavy atom. The summed E-state index contributed by atoms with van der Waals surface area (Å²) < 4.78 is 0. The van der Waals surface area contributed by atoms with Crippen molar-refractivity contribution >= 4 is 11.8 Å². The van der Waals surface area contributed by atoms with Gasteiger partial charge >= 0.3 is 0 Å². The molecule has 0 bridgehead atoms. The molecule has 4 heteroatoms. The van der Waals surface area contributed by atoms with E-state index in [9.17, 15) is 9.59 Å². The molecule has 1 heterocycles. The van der Waals surface area contributed by atoms with Gasteiger partial charge < -0.3 is 5.73 Å². The van der Waals surface area contributed by atoms with Crippen molar-refractivity contribution in [2.75, 3.05) is 6.54 Å². The predicted molar refractivity (Wildman–Crippen MR) is 57.9 cm³/mol. The second-order valence-electron chi connectivity index (χ2n) is 4.38. The second kappa shape index (κ2) is 4.14. The Morgan fingerprint density at radius 2 is 1.53 bits per heavy atom. The maximum absolute atomic E-state index is 11.7. The van der Waals surface area contributed by atoms with Gasteiger partial charge in [-0.3, -0.25) is 14.5 Å². The van der Waals surface area contributed by atoms with Crippen molar-refractivity contribution in [3.63, 3.8) is 0 Å². The Hall–Kier alpha value is -1.16. The fourth-order valence-corrected chi connectivity index (χ4v) is 1.41. The van der Waals surface area contributed by atoms with Crippen molar-refractivity contribution < 1.29 is 9.59 Å². The fraction of sp³-hybridized carbons (Fsp3) is 0.636. The van der Waals surface area contributed by atoms with E-state index in [4.69, 9.17) is 5.73 Å². The molecule has 2 amide bonds. The Labute approximate surface area is 90.1 Å². The van der Waals surface area contributed by atoms with Crippen molar-refractivity contribution in [3.05, 3.63) is 11.1 Å². The van der Waals surface area contributed by atoms with Crippen molar-refractivity contribution in [2.24, 2.45) is 11.7 Å². The van der Waals surface area contributed by atoms with Crippen LogP contribution in [0.5, 0.6) is 0 Å². The van der Waals surface area contributed by atoms with Crippen LogP contribution in [0.4, 0.5) is 0 Å². The first-order valence-electron chi connectivity index (χ1n) is 5.15. The quantitative estimate of drug-likeness (QED) is 0.696. The summed E-state index contributed by atoms with van der Waals surface area (Å²) in [6, 6.07) is -0.156. The first-order chi connectivity index (χ1) is 6.86. The molecule has 0 radical (unpaired) electrons. The van der Waals surface area contributed by atoms with E-state index in [1.165, 1.54) is 4.90 Å². The van der Waals surface area contributed by atoms with E-state index >= 15 is 0 Å². The van der Waals surface area contributed by atoms with Crippen LogP contribution >= 0.6 is 0 Å². The van der Waals surface area contributed by atoms with Gasteiger partial charge in [-0.2, -0.15) is 0 Å². The molecule has 0 spiro atoms. The summed E-state index contributed by atoms with van der Waals surface area (Å²) in [6.45, 7) is 7.61. The molecule has 0 aliphatic carbocycles. The normalized spacial score (nSPS) is 19.5. The van der Waals surface area contributed by atoms with Crippen LogP contribution < -0.4 is 5.73 Å². The zero-order chi connectivity index (χ0) is 11.7. The molecule has 0 aromatic rings. The van der Waals surface area contributed by atoms with Crippen molar-refractivity contribution in [2.45, 2.75) is 33.7 Å². The van der Waals surface area contributed by atoms with Crippen LogP contribution in [-0.2, 0) is 9.59 Å². The third-order valence-corrected chi connectivity index (χ3v) is 2.94. The summed E-state index contributed by atoms with van der Waals surface area (Å²) in [5.41, 5.74) is 6.92. The van der Waals surface area contributed by atoms with Crippen LogP contribution in [0.25, 0.3) is 0 Å². The van der Waals surface area contributed by atoms with E-state index in [1.54, 1.807) is 13.8 Å². The minimum atomic E-state index is -0.200. The Morgan fingerprint density at radius 3 is 1.87 bits per heavy atom. The van der Waals surface area contributed by atoms with Gasteiger partial charge in [-0.1, -0.05) is 13.8 Å². The number of imide groups is 1. The van der Waals surface area contributed by atoms with E-state index in [0.717, 1.165) is 0 Å². The topological polar surface area (TPSA) is 63.4 Å². The minimum Gasteiger partial charge on any atom is -0.326 e. The van der Waals surface area contributed by atoms with E-state index in [-0.39, 0.29) is 23.8 Å². The number of nitrogens with two attached hydrogens (primary N) is 1. The molecule has 0 aromatic carbocycles. The summed E-state index contributed by atoms with van der Waals surface area (Å²) in [6.07, 6.45) is 0. The summed E-state index contributed by atoms with van der Waals surface area (Å²) in [4.78, 5) is 24.6. The predicted octanol–water partition coefficient (Wildman–Crippen LogP) is 0.675. The van der Waals surface area contributed by atoms with Crippen LogP contribution in [0.3, 0.4) is 0 Å². The maximum atomic E-state index is 11.7. The van der Waals surface area contributed by atoms with Gasteiger partial charge in [0, 0.05) is 23.7 Å². The first kappa shape index (κ1) is 11.9. The monoisotopic (exact) mass is 210 g/mol. The molecule has 1 unspecified atom stereocenters. The minimum absolute atomic E-state index is 0.156. The van der Waals surface area contributed by atoms with E-state index in [0.29, 0.717) is 17.7 Å². The van der Waals surface area contributed by atoms with Crippen molar-refractivity contribution in [3.8, 4) is 0 Å². The Balaban J connectivity index is 2.76. The highest BCUT2D eigenvalue weighted by Crippen LogP contribution is 2.20. The van der Waals surface area contributed by atoms with Crippen molar-refractivity contribution in [1.29, 1.82) is 0 Å². The highest BCUT2D eigenvalue weighted by atomic mass is 16.2. The molecule has 0 aromatic heterocycles. The maximum Gasteiger partial charge on any atom is 0.256 e. The number of carbonyl (C=O) groups excluding carboxylic acids is 2. The van der Waals surface area contributed by atoms with Gasteiger partial charge in [-0.05, 0) is 19.8 Å². The zero-order valence-electron chi connectivity index (χ0n) is 9.70. The van der Waals surface area contributed by atoms with Crippen LogP contribution in [-0.4, -0.2) is 29.3 Å². The molecule has 1 aliphatic heterocycles. The highest BCUT2D eigenvalue weighted by Gasteiger charge is 2.34. The standard InChI is InChI=1S/C11H18N2O2/c1-6(2)9(12)5-13-10(14)7(3)8(4)11(13)15/h6,9H,5,12H2,1-4H3. The van der Waals surface area contributed by atoms with E-state index < -0.39 is 0 Å². The number of rotatable bonds is 3. The van der Waals surface area contributed by atoms with E-state index in [1.807, 2.05) is 13.8 Å². The van der Waals surface area contributed by atoms with Crippen LogP contribution in [0.2, 0.25) is 0 Å². The molecule has 84 valence electrons. The third kappa shape index (κ3) is 2.09.